The molecule has 1 atom stereocenters. The average Bonchev–Trinajstić information content (AvgIpc) is 2.15. The van der Waals surface area contributed by atoms with Crippen LogP contribution in [0.3, 0.4) is 0 Å². The smallest absolute Gasteiger partial charge is 0.0757 e. The van der Waals surface area contributed by atoms with Crippen LogP contribution in [0.1, 0.15) is 34.1 Å². The lowest BCUT2D eigenvalue weighted by Crippen LogP contribution is -2.07. The standard InChI is InChI=1S/C9H16O.C2H6/c1-4-7-9(6-3)10-8-5-2;1-2/h4-5,7,9H,2,6,8H2,1,3H3;1-2H3/b7-4+;/t9-;/m0./s1. The van der Waals surface area contributed by atoms with E-state index in [-0.39, 0.29) is 6.10 Å². The van der Waals surface area contributed by atoms with E-state index in [0.717, 1.165) is 6.42 Å². The molecule has 0 saturated carbocycles. The first-order valence-electron chi connectivity index (χ1n) is 4.70. The van der Waals surface area contributed by atoms with Gasteiger partial charge in [-0.05, 0) is 13.3 Å². The molecular formula is C11H22O. The van der Waals surface area contributed by atoms with Crippen LogP contribution in [-0.4, -0.2) is 12.7 Å². The molecule has 0 aliphatic carbocycles. The highest BCUT2D eigenvalue weighted by Crippen LogP contribution is 1.99. The van der Waals surface area contributed by atoms with Gasteiger partial charge in [-0.15, -0.1) is 6.58 Å². The molecule has 0 amide bonds. The molecular weight excluding hydrogens is 148 g/mol. The Bertz CT molecular complexity index is 106. The first-order valence-corrected chi connectivity index (χ1v) is 4.70. The topological polar surface area (TPSA) is 9.23 Å². The highest BCUT2D eigenvalue weighted by molar-refractivity contribution is 4.86. The molecule has 0 aliphatic heterocycles. The van der Waals surface area contributed by atoms with E-state index in [1.165, 1.54) is 0 Å². The lowest BCUT2D eigenvalue weighted by Gasteiger charge is -2.08. The van der Waals surface area contributed by atoms with Crippen molar-refractivity contribution in [1.29, 1.82) is 0 Å². The van der Waals surface area contributed by atoms with E-state index < -0.39 is 0 Å². The second-order valence-electron chi connectivity index (χ2n) is 2.09. The van der Waals surface area contributed by atoms with Crippen LogP contribution in [0, 0.1) is 0 Å². The van der Waals surface area contributed by atoms with E-state index in [1.54, 1.807) is 6.08 Å². The largest absolute Gasteiger partial charge is 0.370 e. The predicted molar refractivity (Wildman–Crippen MR) is 56.4 cm³/mol. The summed E-state index contributed by atoms with van der Waals surface area (Å²) in [5.74, 6) is 0. The zero-order valence-corrected chi connectivity index (χ0v) is 8.84. The molecule has 0 rings (SSSR count). The van der Waals surface area contributed by atoms with Crippen LogP contribution in [0.4, 0.5) is 0 Å². The molecule has 0 fully saturated rings. The van der Waals surface area contributed by atoms with Crippen molar-refractivity contribution >= 4 is 0 Å². The van der Waals surface area contributed by atoms with Crippen molar-refractivity contribution < 1.29 is 4.74 Å². The fourth-order valence-electron chi connectivity index (χ4n) is 0.716. The second-order valence-corrected chi connectivity index (χ2v) is 2.09. The number of hydrogen-bond acceptors (Lipinski definition) is 1. The second kappa shape index (κ2) is 13.1. The van der Waals surface area contributed by atoms with Gasteiger partial charge in [-0.2, -0.15) is 0 Å². The van der Waals surface area contributed by atoms with Gasteiger partial charge in [-0.1, -0.05) is 39.0 Å². The van der Waals surface area contributed by atoms with E-state index in [0.29, 0.717) is 6.61 Å². The summed E-state index contributed by atoms with van der Waals surface area (Å²) >= 11 is 0. The Kier molecular flexibility index (Phi) is 15.2. The minimum Gasteiger partial charge on any atom is -0.370 e. The Morgan fingerprint density at radius 2 is 2.00 bits per heavy atom. The van der Waals surface area contributed by atoms with Gasteiger partial charge in [0.15, 0.2) is 0 Å². The van der Waals surface area contributed by atoms with Gasteiger partial charge < -0.3 is 4.74 Å². The normalized spacial score (nSPS) is 12.0. The summed E-state index contributed by atoms with van der Waals surface area (Å²) in [6.45, 7) is 12.3. The summed E-state index contributed by atoms with van der Waals surface area (Å²) in [6.07, 6.45) is 7.13. The third-order valence-corrected chi connectivity index (χ3v) is 1.24. The van der Waals surface area contributed by atoms with E-state index in [4.69, 9.17) is 4.74 Å². The quantitative estimate of drug-likeness (QED) is 0.573. The molecule has 12 heavy (non-hydrogen) atoms. The van der Waals surface area contributed by atoms with Crippen LogP contribution in [0.5, 0.6) is 0 Å². The zero-order chi connectivity index (χ0) is 9.82. The summed E-state index contributed by atoms with van der Waals surface area (Å²) in [7, 11) is 0. The number of hydrogen-bond donors (Lipinski definition) is 0. The van der Waals surface area contributed by atoms with Crippen LogP contribution in [-0.2, 0) is 4.74 Å². The molecule has 72 valence electrons. The fraction of sp³-hybridized carbons (Fsp3) is 0.636. The maximum absolute atomic E-state index is 5.38. The van der Waals surface area contributed by atoms with Crippen molar-refractivity contribution in [2.24, 2.45) is 0 Å². The third-order valence-electron chi connectivity index (χ3n) is 1.24. The monoisotopic (exact) mass is 170 g/mol. The lowest BCUT2D eigenvalue weighted by atomic mass is 10.2. The minimum atomic E-state index is 0.267. The van der Waals surface area contributed by atoms with Gasteiger partial charge in [0.25, 0.3) is 0 Å². The highest BCUT2D eigenvalue weighted by Gasteiger charge is 1.97. The van der Waals surface area contributed by atoms with Gasteiger partial charge in [0.05, 0.1) is 12.7 Å². The molecule has 1 heteroatoms. The van der Waals surface area contributed by atoms with Crippen molar-refractivity contribution in [3.8, 4) is 0 Å². The van der Waals surface area contributed by atoms with E-state index in [1.807, 2.05) is 26.8 Å². The van der Waals surface area contributed by atoms with Crippen molar-refractivity contribution in [1.82, 2.24) is 0 Å². The van der Waals surface area contributed by atoms with E-state index in [2.05, 4.69) is 19.6 Å². The molecule has 1 nitrogen and oxygen atoms in total. The first-order chi connectivity index (χ1) is 5.85. The van der Waals surface area contributed by atoms with Gasteiger partial charge in [0, 0.05) is 0 Å². The van der Waals surface area contributed by atoms with Crippen molar-refractivity contribution in [2.45, 2.75) is 40.2 Å². The average molecular weight is 170 g/mol. The van der Waals surface area contributed by atoms with Crippen molar-refractivity contribution in [2.75, 3.05) is 6.61 Å². The maximum Gasteiger partial charge on any atom is 0.0757 e. The summed E-state index contributed by atoms with van der Waals surface area (Å²) in [4.78, 5) is 0. The molecule has 0 radical (unpaired) electrons. The summed E-state index contributed by atoms with van der Waals surface area (Å²) < 4.78 is 5.38. The van der Waals surface area contributed by atoms with Crippen molar-refractivity contribution in [3.05, 3.63) is 24.8 Å². The van der Waals surface area contributed by atoms with Gasteiger partial charge in [-0.25, -0.2) is 0 Å². The third kappa shape index (κ3) is 9.44. The molecule has 0 bridgehead atoms. The molecule has 0 unspecified atom stereocenters. The molecule has 0 heterocycles. The lowest BCUT2D eigenvalue weighted by molar-refractivity contribution is 0.106. The Labute approximate surface area is 77.1 Å². The molecule has 0 aromatic heterocycles. The van der Waals surface area contributed by atoms with Gasteiger partial charge in [0.2, 0.25) is 0 Å². The van der Waals surface area contributed by atoms with Gasteiger partial charge >= 0.3 is 0 Å². The molecule has 0 saturated heterocycles. The summed E-state index contributed by atoms with van der Waals surface area (Å²) in [5, 5.41) is 0. The highest BCUT2D eigenvalue weighted by atomic mass is 16.5. The zero-order valence-electron chi connectivity index (χ0n) is 8.84. The van der Waals surface area contributed by atoms with Crippen molar-refractivity contribution in [3.63, 3.8) is 0 Å². The molecule has 0 spiro atoms. The number of allylic oxidation sites excluding steroid dienone is 1. The molecule has 0 aromatic rings. The summed E-state index contributed by atoms with van der Waals surface area (Å²) in [5.41, 5.74) is 0. The fourth-order valence-corrected chi connectivity index (χ4v) is 0.716. The Morgan fingerprint density at radius 3 is 2.33 bits per heavy atom. The Morgan fingerprint density at radius 1 is 1.42 bits per heavy atom. The van der Waals surface area contributed by atoms with Gasteiger partial charge in [-0.3, -0.25) is 0 Å². The molecule has 0 N–H and O–H groups in total. The Hall–Kier alpha value is -0.560. The number of rotatable bonds is 5. The molecule has 0 aromatic carbocycles. The van der Waals surface area contributed by atoms with E-state index >= 15 is 0 Å². The molecule has 0 aliphatic rings. The summed E-state index contributed by atoms with van der Waals surface area (Å²) in [6, 6.07) is 0. The van der Waals surface area contributed by atoms with Crippen LogP contribution in [0.25, 0.3) is 0 Å². The SMILES string of the molecule is C=CCO[C@H](/C=C/C)CC.CC. The van der Waals surface area contributed by atoms with Crippen LogP contribution >= 0.6 is 0 Å². The first kappa shape index (κ1) is 14.0. The van der Waals surface area contributed by atoms with E-state index in [9.17, 15) is 0 Å². The predicted octanol–water partition coefficient (Wildman–Crippen LogP) is 3.57. The minimum absolute atomic E-state index is 0.267. The van der Waals surface area contributed by atoms with Crippen LogP contribution < -0.4 is 0 Å². The van der Waals surface area contributed by atoms with Crippen LogP contribution in [0.2, 0.25) is 0 Å². The van der Waals surface area contributed by atoms with Gasteiger partial charge in [0.1, 0.15) is 0 Å². The van der Waals surface area contributed by atoms with Crippen LogP contribution in [0.15, 0.2) is 24.8 Å². The Balaban J connectivity index is 0. The maximum atomic E-state index is 5.38. The number of ether oxygens (including phenoxy) is 1.